The molecule has 0 atom stereocenters. The second kappa shape index (κ2) is 11.4. The molecule has 11 heteroatoms. The number of piperidine rings is 1. The van der Waals surface area contributed by atoms with Crippen LogP contribution in [0.4, 0.5) is 20.7 Å². The van der Waals surface area contributed by atoms with Gasteiger partial charge in [0, 0.05) is 35.9 Å². The van der Waals surface area contributed by atoms with E-state index in [1.54, 1.807) is 21.7 Å². The van der Waals surface area contributed by atoms with Crippen LogP contribution in [0.15, 0.2) is 67.3 Å². The number of amides is 1. The standard InChI is InChI=1S/C31H34FN7O3/c1-31(2,3)42-30(40)37-12-10-26(11-13-37)41-19-22-9-14-38-28(22)29(33-20-35-38)36-25-7-8-27-23(16-25)17-34-39(27)18-21-5-4-6-24(32)15-21/h4-9,14-17,20,26H,10-13,18-19H2,1-3H3,(H,33,35,36). The Kier molecular flexibility index (Phi) is 7.51. The van der Waals surface area contributed by atoms with Crippen molar-refractivity contribution in [3.63, 3.8) is 0 Å². The van der Waals surface area contributed by atoms with Crippen LogP contribution < -0.4 is 5.32 Å². The molecule has 5 aromatic rings. The van der Waals surface area contributed by atoms with Crippen molar-refractivity contribution >= 4 is 34.0 Å². The Morgan fingerprint density at radius 2 is 1.93 bits per heavy atom. The maximum Gasteiger partial charge on any atom is 0.410 e. The molecule has 1 N–H and O–H groups in total. The Morgan fingerprint density at radius 3 is 2.71 bits per heavy atom. The molecule has 1 saturated heterocycles. The molecule has 1 fully saturated rings. The van der Waals surface area contributed by atoms with Gasteiger partial charge in [-0.15, -0.1) is 0 Å². The molecule has 4 heterocycles. The van der Waals surface area contributed by atoms with Gasteiger partial charge < -0.3 is 19.7 Å². The smallest absolute Gasteiger partial charge is 0.410 e. The molecule has 0 radical (unpaired) electrons. The summed E-state index contributed by atoms with van der Waals surface area (Å²) >= 11 is 0. The minimum atomic E-state index is -0.507. The summed E-state index contributed by atoms with van der Waals surface area (Å²) in [5.74, 6) is 0.408. The van der Waals surface area contributed by atoms with E-state index < -0.39 is 5.60 Å². The molecule has 42 heavy (non-hydrogen) atoms. The maximum atomic E-state index is 13.6. The zero-order chi connectivity index (χ0) is 29.3. The molecule has 0 saturated carbocycles. The van der Waals surface area contributed by atoms with Gasteiger partial charge in [0.05, 0.1) is 31.0 Å². The second-order valence-electron chi connectivity index (χ2n) is 11.6. The number of ether oxygens (including phenoxy) is 2. The highest BCUT2D eigenvalue weighted by atomic mass is 19.1. The van der Waals surface area contributed by atoms with Gasteiger partial charge in [-0.25, -0.2) is 18.7 Å². The molecule has 0 spiro atoms. The van der Waals surface area contributed by atoms with E-state index in [0.717, 1.165) is 46.1 Å². The summed E-state index contributed by atoms with van der Waals surface area (Å²) in [4.78, 5) is 18.7. The predicted octanol–water partition coefficient (Wildman–Crippen LogP) is 5.93. The summed E-state index contributed by atoms with van der Waals surface area (Å²) in [6.07, 6.45) is 6.49. The molecular weight excluding hydrogens is 537 g/mol. The highest BCUT2D eigenvalue weighted by molar-refractivity contribution is 5.85. The Morgan fingerprint density at radius 1 is 1.10 bits per heavy atom. The molecule has 2 aromatic carbocycles. The molecule has 6 rings (SSSR count). The fraction of sp³-hybridized carbons (Fsp3) is 0.355. The molecule has 1 aliphatic rings. The average molecular weight is 572 g/mol. The zero-order valence-electron chi connectivity index (χ0n) is 24.0. The number of aromatic nitrogens is 5. The van der Waals surface area contributed by atoms with Crippen LogP contribution in [0.2, 0.25) is 0 Å². The van der Waals surface area contributed by atoms with Gasteiger partial charge in [-0.1, -0.05) is 12.1 Å². The lowest BCUT2D eigenvalue weighted by molar-refractivity contribution is -0.0167. The largest absolute Gasteiger partial charge is 0.444 e. The van der Waals surface area contributed by atoms with Gasteiger partial charge in [-0.3, -0.25) is 4.68 Å². The van der Waals surface area contributed by atoms with Crippen molar-refractivity contribution in [3.05, 3.63) is 84.2 Å². The van der Waals surface area contributed by atoms with Gasteiger partial charge >= 0.3 is 6.09 Å². The van der Waals surface area contributed by atoms with Crippen LogP contribution in [0.1, 0.15) is 44.7 Å². The molecule has 0 bridgehead atoms. The summed E-state index contributed by atoms with van der Waals surface area (Å²) in [6.45, 7) is 7.72. The van der Waals surface area contributed by atoms with Crippen LogP contribution in [0, 0.1) is 5.82 Å². The van der Waals surface area contributed by atoms with Gasteiger partial charge in [-0.2, -0.15) is 10.2 Å². The van der Waals surface area contributed by atoms with Gasteiger partial charge in [0.2, 0.25) is 0 Å². The Labute approximate surface area is 243 Å². The van der Waals surface area contributed by atoms with Crippen molar-refractivity contribution in [2.45, 2.75) is 58.5 Å². The zero-order valence-corrected chi connectivity index (χ0v) is 24.0. The van der Waals surface area contributed by atoms with Crippen LogP contribution in [0.5, 0.6) is 0 Å². The summed E-state index contributed by atoms with van der Waals surface area (Å²) in [5, 5.41) is 13.3. The molecule has 0 unspecified atom stereocenters. The number of rotatable bonds is 7. The van der Waals surface area contributed by atoms with Gasteiger partial charge in [0.15, 0.2) is 5.82 Å². The van der Waals surface area contributed by atoms with Crippen molar-refractivity contribution < 1.29 is 18.7 Å². The molecule has 3 aromatic heterocycles. The quantitative estimate of drug-likeness (QED) is 0.259. The first-order valence-corrected chi connectivity index (χ1v) is 14.1. The van der Waals surface area contributed by atoms with E-state index in [-0.39, 0.29) is 18.0 Å². The number of carbonyl (C=O) groups excluding carboxylic acids is 1. The molecule has 1 amide bonds. The Bertz CT molecular complexity index is 1720. The van der Waals surface area contributed by atoms with E-state index in [1.165, 1.54) is 18.5 Å². The third-order valence-electron chi connectivity index (χ3n) is 7.23. The van der Waals surface area contributed by atoms with Crippen LogP contribution in [-0.2, 0) is 22.6 Å². The van der Waals surface area contributed by atoms with Crippen LogP contribution >= 0.6 is 0 Å². The summed E-state index contributed by atoms with van der Waals surface area (Å²) in [6, 6.07) is 14.5. The normalized spacial score (nSPS) is 14.5. The number of likely N-dealkylation sites (tertiary alicyclic amines) is 1. The van der Waals surface area contributed by atoms with Crippen molar-refractivity contribution in [2.24, 2.45) is 0 Å². The second-order valence-corrected chi connectivity index (χ2v) is 11.6. The highest BCUT2D eigenvalue weighted by Crippen LogP contribution is 2.27. The van der Waals surface area contributed by atoms with E-state index in [4.69, 9.17) is 9.47 Å². The number of benzene rings is 2. The van der Waals surface area contributed by atoms with E-state index in [0.29, 0.717) is 32.1 Å². The molecule has 0 aliphatic carbocycles. The number of anilines is 2. The van der Waals surface area contributed by atoms with Crippen molar-refractivity contribution in [1.82, 2.24) is 29.3 Å². The minimum absolute atomic E-state index is 0.0472. The number of fused-ring (bicyclic) bond motifs is 2. The lowest BCUT2D eigenvalue weighted by Gasteiger charge is -2.33. The Hall–Kier alpha value is -4.51. The third kappa shape index (κ3) is 6.20. The fourth-order valence-electron chi connectivity index (χ4n) is 5.20. The Balaban J connectivity index is 1.12. The van der Waals surface area contributed by atoms with Crippen molar-refractivity contribution in [1.29, 1.82) is 0 Å². The maximum absolute atomic E-state index is 13.6. The average Bonchev–Trinajstić information content (AvgIpc) is 3.55. The minimum Gasteiger partial charge on any atom is -0.444 e. The summed E-state index contributed by atoms with van der Waals surface area (Å²) in [5.41, 5.74) is 3.96. The molecule has 10 nitrogen and oxygen atoms in total. The summed E-state index contributed by atoms with van der Waals surface area (Å²) < 4.78 is 29.1. The molecule has 218 valence electrons. The first-order valence-electron chi connectivity index (χ1n) is 14.1. The van der Waals surface area contributed by atoms with E-state index >= 15 is 0 Å². The third-order valence-corrected chi connectivity index (χ3v) is 7.23. The molecule has 1 aliphatic heterocycles. The number of carbonyl (C=O) groups is 1. The van der Waals surface area contributed by atoms with Gasteiger partial charge in [0.25, 0.3) is 0 Å². The number of hydrogen-bond acceptors (Lipinski definition) is 7. The first-order chi connectivity index (χ1) is 20.2. The van der Waals surface area contributed by atoms with Crippen LogP contribution in [0.25, 0.3) is 16.4 Å². The van der Waals surface area contributed by atoms with E-state index in [1.807, 2.05) is 62.0 Å². The summed E-state index contributed by atoms with van der Waals surface area (Å²) in [7, 11) is 0. The first kappa shape index (κ1) is 27.6. The molecular formula is C31H34FN7O3. The lowest BCUT2D eigenvalue weighted by Crippen LogP contribution is -2.43. The van der Waals surface area contributed by atoms with Crippen molar-refractivity contribution in [2.75, 3.05) is 18.4 Å². The topological polar surface area (TPSA) is 98.8 Å². The van der Waals surface area contributed by atoms with E-state index in [9.17, 15) is 9.18 Å². The van der Waals surface area contributed by atoms with Crippen LogP contribution in [-0.4, -0.2) is 60.2 Å². The highest BCUT2D eigenvalue weighted by Gasteiger charge is 2.27. The monoisotopic (exact) mass is 571 g/mol. The fourth-order valence-corrected chi connectivity index (χ4v) is 5.20. The van der Waals surface area contributed by atoms with Gasteiger partial charge in [-0.05, 0) is 75.6 Å². The van der Waals surface area contributed by atoms with Crippen LogP contribution in [0.3, 0.4) is 0 Å². The van der Waals surface area contributed by atoms with E-state index in [2.05, 4.69) is 20.5 Å². The number of nitrogens with zero attached hydrogens (tertiary/aromatic N) is 6. The number of halogens is 1. The number of nitrogens with one attached hydrogen (secondary N) is 1. The predicted molar refractivity (Wildman–Crippen MR) is 157 cm³/mol. The lowest BCUT2D eigenvalue weighted by atomic mass is 10.1. The SMILES string of the molecule is CC(C)(C)OC(=O)N1CCC(OCc2ccn3ncnc(Nc4ccc5c(cnn5Cc5cccc(F)c5)c4)c23)CC1. The number of hydrogen-bond donors (Lipinski definition) is 1. The van der Waals surface area contributed by atoms with Gasteiger partial charge in [0.1, 0.15) is 23.3 Å². The van der Waals surface area contributed by atoms with Crippen molar-refractivity contribution in [3.8, 4) is 0 Å².